The van der Waals surface area contributed by atoms with Crippen LogP contribution in [0.15, 0.2) is 42.5 Å². The highest BCUT2D eigenvalue weighted by molar-refractivity contribution is 7.80. The highest BCUT2D eigenvalue weighted by Gasteiger charge is 2.15. The van der Waals surface area contributed by atoms with E-state index in [0.29, 0.717) is 10.9 Å². The number of likely N-dealkylation sites (N-methyl/N-ethyl adjacent to an activating group) is 1. The third-order valence-electron chi connectivity index (χ3n) is 3.61. The summed E-state index contributed by atoms with van der Waals surface area (Å²) in [6, 6.07) is 13.7. The van der Waals surface area contributed by atoms with Crippen molar-refractivity contribution in [2.45, 2.75) is 13.0 Å². The van der Waals surface area contributed by atoms with Gasteiger partial charge in [0.1, 0.15) is 5.75 Å². The van der Waals surface area contributed by atoms with Crippen LogP contribution in [0.4, 0.5) is 0 Å². The molecular weight excluding hydrogens is 336 g/mol. The average molecular weight is 361 g/mol. The van der Waals surface area contributed by atoms with Crippen LogP contribution in [0.2, 0.25) is 0 Å². The highest BCUT2D eigenvalue weighted by atomic mass is 32.1. The number of carbonyl (C=O) groups excluding carboxylic acids is 1. The van der Waals surface area contributed by atoms with Crippen molar-refractivity contribution in [3.63, 3.8) is 0 Å². The van der Waals surface area contributed by atoms with Gasteiger partial charge in [0.2, 0.25) is 0 Å². The number of hydrogen-bond acceptors (Lipinski definition) is 3. The Bertz CT molecular complexity index is 736. The molecule has 6 nitrogen and oxygen atoms in total. The lowest BCUT2D eigenvalue weighted by Crippen LogP contribution is -3.06. The number of hydrogen-bond donors (Lipinski definition) is 4. The molecule has 7 heteroatoms. The summed E-state index contributed by atoms with van der Waals surface area (Å²) in [4.78, 5) is 13.4. The number of thiocarbonyl (C=S) groups is 1. The molecule has 0 spiro atoms. The minimum atomic E-state index is -0.650. The van der Waals surface area contributed by atoms with Gasteiger partial charge in [-0.2, -0.15) is 0 Å². The van der Waals surface area contributed by atoms with Gasteiger partial charge in [0.25, 0.3) is 5.91 Å². The molecule has 2 aromatic carbocycles. The van der Waals surface area contributed by atoms with E-state index in [1.807, 2.05) is 42.5 Å². The van der Waals surface area contributed by atoms with Gasteiger partial charge in [-0.05, 0) is 42.0 Å². The van der Waals surface area contributed by atoms with Crippen LogP contribution in [0.1, 0.15) is 6.92 Å². The van der Waals surface area contributed by atoms with Crippen LogP contribution in [-0.2, 0) is 4.79 Å². The summed E-state index contributed by atoms with van der Waals surface area (Å²) in [5.41, 5.74) is 5.24. The van der Waals surface area contributed by atoms with Gasteiger partial charge >= 0.3 is 0 Å². The molecule has 0 bridgehead atoms. The number of fused-ring (bicyclic) bond motifs is 1. The zero-order valence-electron chi connectivity index (χ0n) is 14.8. The zero-order chi connectivity index (χ0) is 18.2. The Kier molecular flexibility index (Phi) is 6.97. The molecule has 0 fully saturated rings. The van der Waals surface area contributed by atoms with Gasteiger partial charge in [-0.3, -0.25) is 15.6 Å². The standard InChI is InChI=1S/C18H24N4O2S/c1-13(17(23)20-21-18(25)19-10-11-22(2)3)24-16-9-8-14-6-4-5-7-15(14)12-16/h4-9,12-13H,10-11H2,1-3H3,(H,20,23)(H2,19,21,25)/p+1/t13-/m1/s1. The van der Waals surface area contributed by atoms with E-state index in [0.717, 1.165) is 23.9 Å². The maximum atomic E-state index is 12.1. The van der Waals surface area contributed by atoms with E-state index in [-0.39, 0.29) is 5.91 Å². The van der Waals surface area contributed by atoms with E-state index in [1.165, 1.54) is 4.90 Å². The van der Waals surface area contributed by atoms with Crippen molar-refractivity contribution in [3.8, 4) is 5.75 Å². The molecule has 0 aliphatic heterocycles. The van der Waals surface area contributed by atoms with E-state index < -0.39 is 6.10 Å². The Hall–Kier alpha value is -2.38. The van der Waals surface area contributed by atoms with Crippen molar-refractivity contribution in [1.29, 1.82) is 0 Å². The third kappa shape index (κ3) is 6.21. The van der Waals surface area contributed by atoms with Gasteiger partial charge in [-0.1, -0.05) is 30.3 Å². The lowest BCUT2D eigenvalue weighted by Gasteiger charge is -2.17. The Morgan fingerprint density at radius 3 is 2.60 bits per heavy atom. The first kappa shape index (κ1) is 19.0. The topological polar surface area (TPSA) is 66.8 Å². The molecule has 0 aliphatic carbocycles. The van der Waals surface area contributed by atoms with Crippen LogP contribution >= 0.6 is 12.2 Å². The van der Waals surface area contributed by atoms with Crippen molar-refractivity contribution in [2.75, 3.05) is 27.2 Å². The molecule has 4 N–H and O–H groups in total. The summed E-state index contributed by atoms with van der Waals surface area (Å²) in [5.74, 6) is 0.353. The molecule has 1 atom stereocenters. The van der Waals surface area contributed by atoms with Crippen molar-refractivity contribution in [2.24, 2.45) is 0 Å². The number of nitrogens with one attached hydrogen (secondary N) is 4. The largest absolute Gasteiger partial charge is 0.481 e. The molecule has 2 aromatic rings. The van der Waals surface area contributed by atoms with E-state index >= 15 is 0 Å². The molecule has 25 heavy (non-hydrogen) atoms. The van der Waals surface area contributed by atoms with Gasteiger partial charge in [-0.15, -0.1) is 0 Å². The van der Waals surface area contributed by atoms with Crippen molar-refractivity contribution < 1.29 is 14.4 Å². The lowest BCUT2D eigenvalue weighted by molar-refractivity contribution is -0.856. The summed E-state index contributed by atoms with van der Waals surface area (Å²) in [5, 5.41) is 5.60. The van der Waals surface area contributed by atoms with E-state index in [1.54, 1.807) is 6.92 Å². The first-order valence-electron chi connectivity index (χ1n) is 8.24. The predicted molar refractivity (Wildman–Crippen MR) is 104 cm³/mol. The quantitative estimate of drug-likeness (QED) is 0.439. The van der Waals surface area contributed by atoms with Crippen LogP contribution in [0.3, 0.4) is 0 Å². The van der Waals surface area contributed by atoms with E-state index in [9.17, 15) is 4.79 Å². The monoisotopic (exact) mass is 361 g/mol. The smallest absolute Gasteiger partial charge is 0.279 e. The van der Waals surface area contributed by atoms with E-state index in [2.05, 4.69) is 30.3 Å². The minimum Gasteiger partial charge on any atom is -0.481 e. The summed E-state index contributed by atoms with van der Waals surface area (Å²) in [7, 11) is 4.12. The molecule has 0 unspecified atom stereocenters. The van der Waals surface area contributed by atoms with Crippen LogP contribution in [0, 0.1) is 0 Å². The molecular formula is C18H25N4O2S+. The maximum Gasteiger partial charge on any atom is 0.279 e. The van der Waals surface area contributed by atoms with Crippen molar-refractivity contribution in [1.82, 2.24) is 16.2 Å². The molecule has 0 heterocycles. The third-order valence-corrected chi connectivity index (χ3v) is 3.86. The molecule has 1 amide bonds. The van der Waals surface area contributed by atoms with Gasteiger partial charge in [0.05, 0.1) is 27.2 Å². The number of benzene rings is 2. The number of rotatable bonds is 6. The summed E-state index contributed by atoms with van der Waals surface area (Å²) in [6.07, 6.45) is -0.650. The first-order chi connectivity index (χ1) is 12.0. The average Bonchev–Trinajstić information content (AvgIpc) is 2.59. The van der Waals surface area contributed by atoms with Crippen LogP contribution in [-0.4, -0.2) is 44.3 Å². The number of amides is 1. The Morgan fingerprint density at radius 1 is 1.16 bits per heavy atom. The van der Waals surface area contributed by atoms with Crippen LogP contribution < -0.4 is 25.8 Å². The van der Waals surface area contributed by atoms with Gasteiger partial charge in [0, 0.05) is 0 Å². The second-order valence-electron chi connectivity index (χ2n) is 6.10. The molecule has 0 saturated heterocycles. The summed E-state index contributed by atoms with van der Waals surface area (Å²) < 4.78 is 5.71. The predicted octanol–water partition coefficient (Wildman–Crippen LogP) is 0.247. The van der Waals surface area contributed by atoms with E-state index in [4.69, 9.17) is 17.0 Å². The zero-order valence-corrected chi connectivity index (χ0v) is 15.6. The molecule has 0 saturated carbocycles. The number of ether oxygens (including phenoxy) is 1. The Morgan fingerprint density at radius 2 is 1.88 bits per heavy atom. The fourth-order valence-corrected chi connectivity index (χ4v) is 2.34. The summed E-state index contributed by atoms with van der Waals surface area (Å²) in [6.45, 7) is 3.35. The maximum absolute atomic E-state index is 12.1. The second-order valence-corrected chi connectivity index (χ2v) is 6.50. The van der Waals surface area contributed by atoms with Gasteiger partial charge in [-0.25, -0.2) is 0 Å². The number of quaternary nitrogens is 1. The Labute approximate surface area is 153 Å². The normalized spacial score (nSPS) is 11.8. The number of carbonyl (C=O) groups is 1. The van der Waals surface area contributed by atoms with Crippen LogP contribution in [0.25, 0.3) is 10.8 Å². The van der Waals surface area contributed by atoms with Crippen molar-refractivity contribution in [3.05, 3.63) is 42.5 Å². The molecule has 0 aromatic heterocycles. The fourth-order valence-electron chi connectivity index (χ4n) is 2.19. The SMILES string of the molecule is C[C@@H](Oc1ccc2ccccc2c1)C(=O)NNC(=S)NCC[NH+](C)C. The van der Waals surface area contributed by atoms with Crippen LogP contribution in [0.5, 0.6) is 5.75 Å². The van der Waals surface area contributed by atoms with Gasteiger partial charge in [0.15, 0.2) is 11.2 Å². The Balaban J connectivity index is 1.80. The lowest BCUT2D eigenvalue weighted by atomic mass is 10.1. The first-order valence-corrected chi connectivity index (χ1v) is 8.64. The molecule has 134 valence electrons. The fraction of sp³-hybridized carbons (Fsp3) is 0.333. The number of hydrazine groups is 1. The minimum absolute atomic E-state index is 0.296. The second kappa shape index (κ2) is 9.19. The van der Waals surface area contributed by atoms with Crippen molar-refractivity contribution >= 4 is 34.0 Å². The molecule has 0 aliphatic rings. The van der Waals surface area contributed by atoms with Gasteiger partial charge < -0.3 is 15.0 Å². The highest BCUT2D eigenvalue weighted by Crippen LogP contribution is 2.21. The molecule has 0 radical (unpaired) electrons. The molecule has 2 rings (SSSR count). The summed E-state index contributed by atoms with van der Waals surface area (Å²) >= 11 is 5.11.